The van der Waals surface area contributed by atoms with Crippen LogP contribution in [0.5, 0.6) is 5.75 Å². The minimum Gasteiger partial charge on any atom is -0.493 e. The summed E-state index contributed by atoms with van der Waals surface area (Å²) in [6.07, 6.45) is 2.82. The van der Waals surface area contributed by atoms with Crippen LogP contribution in [-0.2, 0) is 25.2 Å². The van der Waals surface area contributed by atoms with E-state index in [1.807, 2.05) is 6.07 Å². The maximum absolute atomic E-state index is 12.9. The lowest BCUT2D eigenvalue weighted by Gasteiger charge is -2.30. The Morgan fingerprint density at radius 3 is 2.12 bits per heavy atom. The standard InChI is InChI=1S/C33H47ClN2O4/c1-9-31(3,4)23-18-19-26(25(21-23)32(5,6)10-2)40-20-14-17-27(37)35-22-33(7,8)29(38)28(34)30(39)36-24-15-12-11-13-16-24/h11-13,15-16,18-19,21,28H,9-10,14,17,20,22H2,1-8H3,(H,35,37)(H,36,39). The molecule has 0 aliphatic rings. The Hall–Kier alpha value is -2.86. The molecular weight excluding hydrogens is 524 g/mol. The molecule has 0 bridgehead atoms. The minimum absolute atomic E-state index is 0.0388. The Bertz CT molecular complexity index is 1160. The van der Waals surface area contributed by atoms with Gasteiger partial charge in [0.15, 0.2) is 11.2 Å². The number of halogens is 1. The van der Waals surface area contributed by atoms with Gasteiger partial charge in [0.1, 0.15) is 5.75 Å². The first-order valence-electron chi connectivity index (χ1n) is 14.2. The number of carbonyl (C=O) groups is 3. The SMILES string of the molecule is CCC(C)(C)c1ccc(OCCCC(=O)NCC(C)(C)C(=O)C(Cl)C(=O)Nc2ccccc2)c(C(C)(C)CC)c1. The molecule has 1 atom stereocenters. The van der Waals surface area contributed by atoms with Gasteiger partial charge in [-0.15, -0.1) is 11.6 Å². The molecule has 0 heterocycles. The van der Waals surface area contributed by atoms with Gasteiger partial charge in [0.05, 0.1) is 6.61 Å². The summed E-state index contributed by atoms with van der Waals surface area (Å²) in [4.78, 5) is 37.9. The number of para-hydroxylation sites is 1. The highest BCUT2D eigenvalue weighted by Crippen LogP contribution is 2.38. The average molecular weight is 571 g/mol. The molecule has 6 nitrogen and oxygen atoms in total. The van der Waals surface area contributed by atoms with Gasteiger partial charge in [0, 0.05) is 29.6 Å². The Morgan fingerprint density at radius 2 is 1.52 bits per heavy atom. The smallest absolute Gasteiger partial charge is 0.250 e. The lowest BCUT2D eigenvalue weighted by atomic mass is 9.76. The van der Waals surface area contributed by atoms with E-state index in [4.69, 9.17) is 16.3 Å². The molecule has 0 aromatic heterocycles. The first-order chi connectivity index (χ1) is 18.6. The Labute approximate surface area is 245 Å². The van der Waals surface area contributed by atoms with Crippen molar-refractivity contribution in [2.24, 2.45) is 5.41 Å². The Balaban J connectivity index is 1.89. The van der Waals surface area contributed by atoms with Gasteiger partial charge < -0.3 is 15.4 Å². The van der Waals surface area contributed by atoms with Crippen LogP contribution in [0.2, 0.25) is 0 Å². The third-order valence-electron chi connectivity index (χ3n) is 7.96. The third-order valence-corrected chi connectivity index (χ3v) is 8.36. The number of rotatable bonds is 15. The summed E-state index contributed by atoms with van der Waals surface area (Å²) in [5.74, 6) is -0.367. The van der Waals surface area contributed by atoms with Crippen LogP contribution in [0.15, 0.2) is 48.5 Å². The van der Waals surface area contributed by atoms with Crippen molar-refractivity contribution in [2.45, 2.75) is 97.3 Å². The zero-order valence-corrected chi connectivity index (χ0v) is 26.2. The van der Waals surface area contributed by atoms with Gasteiger partial charge in [0.25, 0.3) is 0 Å². The molecule has 7 heteroatoms. The van der Waals surface area contributed by atoms with Gasteiger partial charge in [-0.2, -0.15) is 0 Å². The van der Waals surface area contributed by atoms with E-state index in [9.17, 15) is 14.4 Å². The number of amides is 2. The van der Waals surface area contributed by atoms with Crippen LogP contribution in [-0.4, -0.2) is 36.1 Å². The van der Waals surface area contributed by atoms with E-state index >= 15 is 0 Å². The van der Waals surface area contributed by atoms with E-state index in [-0.39, 0.29) is 29.7 Å². The second-order valence-corrected chi connectivity index (χ2v) is 12.8. The normalized spacial score (nSPS) is 12.9. The number of Topliss-reactive ketones (excluding diaryl/α,β-unsaturated/α-hetero) is 1. The van der Waals surface area contributed by atoms with E-state index in [1.165, 1.54) is 11.1 Å². The summed E-state index contributed by atoms with van der Waals surface area (Å²) in [6.45, 7) is 17.2. The quantitative estimate of drug-likeness (QED) is 0.135. The molecular formula is C33H47ClN2O4. The monoisotopic (exact) mass is 570 g/mol. The third kappa shape index (κ3) is 9.09. The number of hydrogen-bond acceptors (Lipinski definition) is 4. The summed E-state index contributed by atoms with van der Waals surface area (Å²) in [7, 11) is 0. The van der Waals surface area contributed by atoms with Crippen LogP contribution < -0.4 is 15.4 Å². The minimum atomic E-state index is -1.36. The number of ether oxygens (including phenoxy) is 1. The molecule has 0 fully saturated rings. The number of ketones is 1. The van der Waals surface area contributed by atoms with Crippen molar-refractivity contribution in [3.8, 4) is 5.75 Å². The second-order valence-electron chi connectivity index (χ2n) is 12.4. The van der Waals surface area contributed by atoms with Crippen LogP contribution in [0.4, 0.5) is 5.69 Å². The number of hydrogen-bond donors (Lipinski definition) is 2. The van der Waals surface area contributed by atoms with Gasteiger partial charge in [-0.1, -0.05) is 85.7 Å². The van der Waals surface area contributed by atoms with Crippen molar-refractivity contribution in [2.75, 3.05) is 18.5 Å². The molecule has 0 radical (unpaired) electrons. The van der Waals surface area contributed by atoms with Crippen molar-refractivity contribution >= 4 is 34.9 Å². The zero-order valence-electron chi connectivity index (χ0n) is 25.4. The molecule has 1 unspecified atom stereocenters. The molecule has 0 spiro atoms. The zero-order chi connectivity index (χ0) is 30.1. The summed E-state index contributed by atoms with van der Waals surface area (Å²) in [6, 6.07) is 15.3. The van der Waals surface area contributed by atoms with Crippen molar-refractivity contribution in [1.29, 1.82) is 0 Å². The summed E-state index contributed by atoms with van der Waals surface area (Å²) in [5, 5.41) is 4.10. The molecule has 2 rings (SSSR count). The van der Waals surface area contributed by atoms with Gasteiger partial charge >= 0.3 is 0 Å². The Morgan fingerprint density at radius 1 is 0.900 bits per heavy atom. The van der Waals surface area contributed by atoms with E-state index in [2.05, 4.69) is 70.4 Å². The first-order valence-corrected chi connectivity index (χ1v) is 14.7. The number of anilines is 1. The fourth-order valence-electron chi connectivity index (χ4n) is 4.10. The molecule has 2 N–H and O–H groups in total. The highest BCUT2D eigenvalue weighted by atomic mass is 35.5. The lowest BCUT2D eigenvalue weighted by molar-refractivity contribution is -0.131. The predicted octanol–water partition coefficient (Wildman–Crippen LogP) is 7.18. The van der Waals surface area contributed by atoms with Crippen molar-refractivity contribution in [3.63, 3.8) is 0 Å². The maximum Gasteiger partial charge on any atom is 0.250 e. The topological polar surface area (TPSA) is 84.5 Å². The van der Waals surface area contributed by atoms with Crippen molar-refractivity contribution in [3.05, 3.63) is 59.7 Å². The first kappa shape index (κ1) is 33.3. The van der Waals surface area contributed by atoms with Crippen LogP contribution >= 0.6 is 11.6 Å². The number of alkyl halides is 1. The predicted molar refractivity (Wildman–Crippen MR) is 164 cm³/mol. The van der Waals surface area contributed by atoms with E-state index < -0.39 is 22.5 Å². The van der Waals surface area contributed by atoms with E-state index in [0.717, 1.165) is 18.6 Å². The number of benzene rings is 2. The second kappa shape index (κ2) is 14.2. The van der Waals surface area contributed by atoms with Crippen LogP contribution in [0, 0.1) is 5.41 Å². The molecule has 0 saturated heterocycles. The van der Waals surface area contributed by atoms with E-state index in [1.54, 1.807) is 38.1 Å². The Kier molecular flexibility index (Phi) is 11.8. The fourth-order valence-corrected chi connectivity index (χ4v) is 4.45. The largest absolute Gasteiger partial charge is 0.493 e. The molecule has 40 heavy (non-hydrogen) atoms. The molecule has 2 aromatic rings. The van der Waals surface area contributed by atoms with Crippen LogP contribution in [0.1, 0.15) is 92.2 Å². The van der Waals surface area contributed by atoms with Crippen LogP contribution in [0.3, 0.4) is 0 Å². The molecule has 0 aliphatic heterocycles. The van der Waals surface area contributed by atoms with Gasteiger partial charge in [-0.05, 0) is 53.9 Å². The van der Waals surface area contributed by atoms with Crippen LogP contribution in [0.25, 0.3) is 0 Å². The highest BCUT2D eigenvalue weighted by molar-refractivity contribution is 6.43. The molecule has 2 aromatic carbocycles. The average Bonchev–Trinajstić information content (AvgIpc) is 2.93. The van der Waals surface area contributed by atoms with Gasteiger partial charge in [-0.3, -0.25) is 14.4 Å². The van der Waals surface area contributed by atoms with E-state index in [0.29, 0.717) is 18.7 Å². The molecule has 2 amide bonds. The molecule has 0 saturated carbocycles. The molecule has 220 valence electrons. The summed E-state index contributed by atoms with van der Waals surface area (Å²) < 4.78 is 6.17. The highest BCUT2D eigenvalue weighted by Gasteiger charge is 2.37. The fraction of sp³-hybridized carbons (Fsp3) is 0.545. The summed E-state index contributed by atoms with van der Waals surface area (Å²) in [5.41, 5.74) is 2.08. The van der Waals surface area contributed by atoms with Crippen molar-refractivity contribution < 1.29 is 19.1 Å². The number of nitrogens with one attached hydrogen (secondary N) is 2. The maximum atomic E-state index is 12.9. The molecule has 0 aliphatic carbocycles. The van der Waals surface area contributed by atoms with Gasteiger partial charge in [0.2, 0.25) is 11.8 Å². The van der Waals surface area contributed by atoms with Gasteiger partial charge in [-0.25, -0.2) is 0 Å². The summed E-state index contributed by atoms with van der Waals surface area (Å²) >= 11 is 6.20. The van der Waals surface area contributed by atoms with Crippen molar-refractivity contribution in [1.82, 2.24) is 5.32 Å². The lowest BCUT2D eigenvalue weighted by Crippen LogP contribution is -2.45. The number of carbonyl (C=O) groups excluding carboxylic acids is 3.